The Labute approximate surface area is 82.4 Å². The number of rotatable bonds is 2. The lowest BCUT2D eigenvalue weighted by atomic mass is 10.2. The molecule has 0 radical (unpaired) electrons. The molecule has 0 aliphatic rings. The maximum absolute atomic E-state index is 5.46. The molecule has 0 saturated heterocycles. The molecule has 0 atom stereocenters. The Morgan fingerprint density at radius 2 is 2.14 bits per heavy atom. The number of para-hydroxylation sites is 1. The summed E-state index contributed by atoms with van der Waals surface area (Å²) in [4.78, 5) is 0. The molecule has 0 saturated carbocycles. The third-order valence-corrected chi connectivity index (χ3v) is 2.11. The average molecular weight is 188 g/mol. The fourth-order valence-electron chi connectivity index (χ4n) is 1.33. The highest BCUT2D eigenvalue weighted by molar-refractivity contribution is 5.38. The van der Waals surface area contributed by atoms with E-state index in [1.807, 2.05) is 37.4 Å². The summed E-state index contributed by atoms with van der Waals surface area (Å²) < 4.78 is 1.75. The van der Waals surface area contributed by atoms with Crippen LogP contribution in [0.15, 0.2) is 30.5 Å². The van der Waals surface area contributed by atoms with E-state index < -0.39 is 0 Å². The average Bonchev–Trinajstić information content (AvgIpc) is 2.67. The van der Waals surface area contributed by atoms with Gasteiger partial charge in [0.2, 0.25) is 0 Å². The molecular formula is C10H12N4. The van der Waals surface area contributed by atoms with Crippen molar-refractivity contribution in [2.45, 2.75) is 13.5 Å². The molecule has 4 nitrogen and oxygen atoms in total. The van der Waals surface area contributed by atoms with Crippen molar-refractivity contribution in [3.63, 3.8) is 0 Å². The molecule has 0 aliphatic heterocycles. The van der Waals surface area contributed by atoms with Gasteiger partial charge in [-0.15, -0.1) is 5.10 Å². The number of hydrogen-bond donors (Lipinski definition) is 1. The second-order valence-corrected chi connectivity index (χ2v) is 3.15. The fraction of sp³-hybridized carbons (Fsp3) is 0.200. The molecule has 2 rings (SSSR count). The van der Waals surface area contributed by atoms with Gasteiger partial charge < -0.3 is 5.73 Å². The molecule has 1 aromatic heterocycles. The first-order valence-corrected chi connectivity index (χ1v) is 4.48. The van der Waals surface area contributed by atoms with Gasteiger partial charge in [-0.1, -0.05) is 23.4 Å². The van der Waals surface area contributed by atoms with Crippen LogP contribution in [-0.4, -0.2) is 15.0 Å². The molecule has 2 aromatic rings. The highest BCUT2D eigenvalue weighted by atomic mass is 15.4. The first-order chi connectivity index (χ1) is 6.81. The summed E-state index contributed by atoms with van der Waals surface area (Å²) >= 11 is 0. The van der Waals surface area contributed by atoms with Gasteiger partial charge in [-0.2, -0.15) is 0 Å². The summed E-state index contributed by atoms with van der Waals surface area (Å²) in [6.07, 6.45) is 1.85. The SMILES string of the molecule is Cc1ccccc1-n1cc(CN)nn1. The van der Waals surface area contributed by atoms with Crippen molar-refractivity contribution in [1.29, 1.82) is 0 Å². The van der Waals surface area contributed by atoms with E-state index in [4.69, 9.17) is 5.73 Å². The molecule has 0 unspecified atom stereocenters. The van der Waals surface area contributed by atoms with E-state index in [1.165, 1.54) is 5.56 Å². The lowest BCUT2D eigenvalue weighted by Gasteiger charge is -2.02. The summed E-state index contributed by atoms with van der Waals surface area (Å²) in [7, 11) is 0. The van der Waals surface area contributed by atoms with E-state index in [0.717, 1.165) is 11.4 Å². The number of benzene rings is 1. The normalized spacial score (nSPS) is 10.4. The van der Waals surface area contributed by atoms with E-state index in [-0.39, 0.29) is 0 Å². The van der Waals surface area contributed by atoms with Crippen molar-refractivity contribution in [3.8, 4) is 5.69 Å². The number of nitrogens with two attached hydrogens (primary N) is 1. The maximum Gasteiger partial charge on any atom is 0.0967 e. The lowest BCUT2D eigenvalue weighted by Crippen LogP contribution is -1.97. The first-order valence-electron chi connectivity index (χ1n) is 4.48. The summed E-state index contributed by atoms with van der Waals surface area (Å²) in [6.45, 7) is 2.46. The van der Waals surface area contributed by atoms with Crippen molar-refractivity contribution in [3.05, 3.63) is 41.7 Å². The van der Waals surface area contributed by atoms with E-state index in [9.17, 15) is 0 Å². The molecular weight excluding hydrogens is 176 g/mol. The van der Waals surface area contributed by atoms with Crippen molar-refractivity contribution >= 4 is 0 Å². The zero-order chi connectivity index (χ0) is 9.97. The Hall–Kier alpha value is -1.68. The van der Waals surface area contributed by atoms with E-state index in [1.54, 1.807) is 4.68 Å². The minimum atomic E-state index is 0.423. The highest BCUT2D eigenvalue weighted by Gasteiger charge is 2.02. The molecule has 72 valence electrons. The Morgan fingerprint density at radius 1 is 1.36 bits per heavy atom. The molecule has 0 spiro atoms. The third-order valence-electron chi connectivity index (χ3n) is 2.11. The Morgan fingerprint density at radius 3 is 2.79 bits per heavy atom. The summed E-state index contributed by atoms with van der Waals surface area (Å²) in [5, 5.41) is 7.94. The fourth-order valence-corrected chi connectivity index (χ4v) is 1.33. The van der Waals surface area contributed by atoms with Crippen LogP contribution in [0, 0.1) is 6.92 Å². The van der Waals surface area contributed by atoms with Crippen LogP contribution in [0.4, 0.5) is 0 Å². The van der Waals surface area contributed by atoms with E-state index >= 15 is 0 Å². The first kappa shape index (κ1) is 8.90. The van der Waals surface area contributed by atoms with Gasteiger partial charge in [0.25, 0.3) is 0 Å². The van der Waals surface area contributed by atoms with E-state index in [2.05, 4.69) is 10.3 Å². The van der Waals surface area contributed by atoms with Gasteiger partial charge in [-0.3, -0.25) is 0 Å². The Balaban J connectivity index is 2.44. The summed E-state index contributed by atoms with van der Waals surface area (Å²) in [6, 6.07) is 8.02. The molecule has 14 heavy (non-hydrogen) atoms. The number of aryl methyl sites for hydroxylation is 1. The van der Waals surface area contributed by atoms with Gasteiger partial charge in [-0.05, 0) is 18.6 Å². The summed E-state index contributed by atoms with van der Waals surface area (Å²) in [5.41, 5.74) is 8.47. The van der Waals surface area contributed by atoms with Crippen molar-refractivity contribution in [2.24, 2.45) is 5.73 Å². The molecule has 0 bridgehead atoms. The summed E-state index contributed by atoms with van der Waals surface area (Å²) in [5.74, 6) is 0. The molecule has 0 aliphatic carbocycles. The van der Waals surface area contributed by atoms with Gasteiger partial charge in [0.05, 0.1) is 17.6 Å². The van der Waals surface area contributed by atoms with Crippen molar-refractivity contribution in [2.75, 3.05) is 0 Å². The van der Waals surface area contributed by atoms with Crippen LogP contribution in [0.5, 0.6) is 0 Å². The van der Waals surface area contributed by atoms with Crippen LogP contribution >= 0.6 is 0 Å². The molecule has 1 aromatic carbocycles. The minimum Gasteiger partial charge on any atom is -0.325 e. The number of hydrogen-bond acceptors (Lipinski definition) is 3. The molecule has 1 heterocycles. The molecule has 2 N–H and O–H groups in total. The molecule has 0 amide bonds. The highest BCUT2D eigenvalue weighted by Crippen LogP contribution is 2.11. The van der Waals surface area contributed by atoms with Crippen molar-refractivity contribution in [1.82, 2.24) is 15.0 Å². The third kappa shape index (κ3) is 1.52. The van der Waals surface area contributed by atoms with Crippen LogP contribution in [0.2, 0.25) is 0 Å². The van der Waals surface area contributed by atoms with Gasteiger partial charge in [0.15, 0.2) is 0 Å². The van der Waals surface area contributed by atoms with Crippen LogP contribution in [-0.2, 0) is 6.54 Å². The second-order valence-electron chi connectivity index (χ2n) is 3.15. The lowest BCUT2D eigenvalue weighted by molar-refractivity contribution is 0.792. The monoisotopic (exact) mass is 188 g/mol. The van der Waals surface area contributed by atoms with Crippen LogP contribution in [0.25, 0.3) is 5.69 Å². The zero-order valence-corrected chi connectivity index (χ0v) is 8.01. The van der Waals surface area contributed by atoms with Crippen molar-refractivity contribution < 1.29 is 0 Å². The maximum atomic E-state index is 5.46. The van der Waals surface area contributed by atoms with Crippen LogP contribution in [0.3, 0.4) is 0 Å². The van der Waals surface area contributed by atoms with Gasteiger partial charge in [0.1, 0.15) is 0 Å². The quantitative estimate of drug-likeness (QED) is 0.766. The Kier molecular flexibility index (Phi) is 2.28. The topological polar surface area (TPSA) is 56.7 Å². The number of aromatic nitrogens is 3. The zero-order valence-electron chi connectivity index (χ0n) is 8.01. The van der Waals surface area contributed by atoms with Gasteiger partial charge in [-0.25, -0.2) is 4.68 Å². The van der Waals surface area contributed by atoms with Gasteiger partial charge in [0, 0.05) is 6.54 Å². The molecule has 4 heteroatoms. The van der Waals surface area contributed by atoms with Crippen LogP contribution < -0.4 is 5.73 Å². The van der Waals surface area contributed by atoms with Crippen LogP contribution in [0.1, 0.15) is 11.3 Å². The van der Waals surface area contributed by atoms with E-state index in [0.29, 0.717) is 6.54 Å². The predicted molar refractivity (Wildman–Crippen MR) is 54.0 cm³/mol. The minimum absolute atomic E-state index is 0.423. The molecule has 0 fully saturated rings. The van der Waals surface area contributed by atoms with Gasteiger partial charge >= 0.3 is 0 Å². The largest absolute Gasteiger partial charge is 0.325 e. The number of nitrogens with zero attached hydrogens (tertiary/aromatic N) is 3. The second kappa shape index (κ2) is 3.59. The standard InChI is InChI=1S/C10H12N4/c1-8-4-2-3-5-10(8)14-7-9(6-11)12-13-14/h2-5,7H,6,11H2,1H3. The predicted octanol–water partition coefficient (Wildman–Crippen LogP) is 1.03. The smallest absolute Gasteiger partial charge is 0.0967 e. The Bertz CT molecular complexity index is 433.